The van der Waals surface area contributed by atoms with E-state index in [-0.39, 0.29) is 0 Å². The van der Waals surface area contributed by atoms with Crippen LogP contribution in [-0.2, 0) is 10.0 Å². The van der Waals surface area contributed by atoms with E-state index in [0.29, 0.717) is 16.1 Å². The van der Waals surface area contributed by atoms with Gasteiger partial charge in [0.05, 0.1) is 10.6 Å². The van der Waals surface area contributed by atoms with Gasteiger partial charge in [0.25, 0.3) is 10.0 Å². The van der Waals surface area contributed by atoms with Crippen LogP contribution in [0.3, 0.4) is 0 Å². The summed E-state index contributed by atoms with van der Waals surface area (Å²) in [6, 6.07) is 18.3. The molecular formula is C21H20N2O2S. The zero-order valence-corrected chi connectivity index (χ0v) is 15.5. The average molecular weight is 364 g/mol. The molecule has 0 aliphatic rings. The van der Waals surface area contributed by atoms with Gasteiger partial charge in [-0.15, -0.1) is 0 Å². The van der Waals surface area contributed by atoms with Crippen LogP contribution >= 0.6 is 0 Å². The number of sulfonamides is 1. The molecule has 0 bridgehead atoms. The summed E-state index contributed by atoms with van der Waals surface area (Å²) in [5.41, 5.74) is 3.87. The number of nitrogens with zero attached hydrogens (tertiary/aromatic N) is 1. The maximum Gasteiger partial charge on any atom is 0.262 e. The van der Waals surface area contributed by atoms with Crippen molar-refractivity contribution in [3.8, 4) is 0 Å². The van der Waals surface area contributed by atoms with Crippen molar-refractivity contribution < 1.29 is 8.42 Å². The van der Waals surface area contributed by atoms with Gasteiger partial charge in [0, 0.05) is 11.9 Å². The lowest BCUT2D eigenvalue weighted by atomic mass is 10.2. The van der Waals surface area contributed by atoms with Crippen LogP contribution in [0.15, 0.2) is 71.8 Å². The summed E-state index contributed by atoms with van der Waals surface area (Å²) in [5.74, 6) is 0. The molecule has 0 aliphatic heterocycles. The number of aromatic nitrogens is 1. The van der Waals surface area contributed by atoms with E-state index in [2.05, 4.69) is 9.71 Å². The molecule has 4 nitrogen and oxygen atoms in total. The molecule has 0 amide bonds. The number of benzene rings is 2. The van der Waals surface area contributed by atoms with Gasteiger partial charge in [0.15, 0.2) is 0 Å². The van der Waals surface area contributed by atoms with E-state index in [1.807, 2.05) is 61.5 Å². The van der Waals surface area contributed by atoms with Gasteiger partial charge in [0.2, 0.25) is 0 Å². The van der Waals surface area contributed by atoms with Gasteiger partial charge in [-0.1, -0.05) is 36.4 Å². The second-order valence-electron chi connectivity index (χ2n) is 6.09. The molecule has 132 valence electrons. The molecule has 3 rings (SSSR count). The van der Waals surface area contributed by atoms with Crippen molar-refractivity contribution in [1.82, 2.24) is 4.98 Å². The second-order valence-corrected chi connectivity index (χ2v) is 7.74. The Kier molecular flexibility index (Phi) is 5.19. The van der Waals surface area contributed by atoms with Crippen molar-refractivity contribution in [2.75, 3.05) is 4.72 Å². The smallest absolute Gasteiger partial charge is 0.262 e. The van der Waals surface area contributed by atoms with E-state index in [0.717, 1.165) is 16.8 Å². The van der Waals surface area contributed by atoms with Crippen molar-refractivity contribution in [1.29, 1.82) is 0 Å². The van der Waals surface area contributed by atoms with Crippen molar-refractivity contribution in [2.45, 2.75) is 18.7 Å². The van der Waals surface area contributed by atoms with Crippen LogP contribution in [0.1, 0.15) is 22.4 Å². The van der Waals surface area contributed by atoms with Crippen LogP contribution < -0.4 is 4.72 Å². The Morgan fingerprint density at radius 2 is 1.77 bits per heavy atom. The van der Waals surface area contributed by atoms with Crippen LogP contribution in [0.2, 0.25) is 0 Å². The Labute approximate surface area is 154 Å². The predicted molar refractivity (Wildman–Crippen MR) is 106 cm³/mol. The summed E-state index contributed by atoms with van der Waals surface area (Å²) in [7, 11) is -3.64. The Balaban J connectivity index is 1.84. The van der Waals surface area contributed by atoms with Gasteiger partial charge in [0.1, 0.15) is 0 Å². The summed E-state index contributed by atoms with van der Waals surface area (Å²) in [4.78, 5) is 4.53. The van der Waals surface area contributed by atoms with E-state index >= 15 is 0 Å². The van der Waals surface area contributed by atoms with Crippen molar-refractivity contribution in [3.63, 3.8) is 0 Å². The number of rotatable bonds is 5. The number of hydrogen-bond acceptors (Lipinski definition) is 3. The first-order chi connectivity index (χ1) is 12.4. The fourth-order valence-electron chi connectivity index (χ4n) is 2.57. The molecule has 5 heteroatoms. The molecule has 1 aromatic heterocycles. The molecule has 1 heterocycles. The summed E-state index contributed by atoms with van der Waals surface area (Å²) >= 11 is 0. The molecule has 1 N–H and O–H groups in total. The highest BCUT2D eigenvalue weighted by Crippen LogP contribution is 2.21. The Hall–Kier alpha value is -2.92. The second kappa shape index (κ2) is 7.54. The van der Waals surface area contributed by atoms with Gasteiger partial charge in [-0.2, -0.15) is 0 Å². The van der Waals surface area contributed by atoms with E-state index < -0.39 is 10.0 Å². The maximum absolute atomic E-state index is 12.7. The molecule has 0 fully saturated rings. The molecule has 3 aromatic rings. The van der Waals surface area contributed by atoms with Gasteiger partial charge in [-0.25, -0.2) is 8.42 Å². The minimum absolute atomic E-state index is 0.298. The average Bonchev–Trinajstić information content (AvgIpc) is 2.63. The molecule has 0 unspecified atom stereocenters. The fraction of sp³-hybridized carbons (Fsp3) is 0.0952. The van der Waals surface area contributed by atoms with Gasteiger partial charge in [-0.3, -0.25) is 9.71 Å². The molecule has 0 radical (unpaired) electrons. The summed E-state index contributed by atoms with van der Waals surface area (Å²) in [5, 5.41) is 0. The van der Waals surface area contributed by atoms with Crippen LogP contribution in [0.25, 0.3) is 12.2 Å². The molecule has 0 spiro atoms. The maximum atomic E-state index is 12.7. The highest BCUT2D eigenvalue weighted by atomic mass is 32.2. The lowest BCUT2D eigenvalue weighted by Gasteiger charge is -2.11. The van der Waals surface area contributed by atoms with Crippen LogP contribution in [0.5, 0.6) is 0 Å². The summed E-state index contributed by atoms with van der Waals surface area (Å²) in [6.45, 7) is 3.67. The number of nitrogens with one attached hydrogen (secondary N) is 1. The minimum Gasteiger partial charge on any atom is -0.280 e. The van der Waals surface area contributed by atoms with E-state index in [9.17, 15) is 8.42 Å². The van der Waals surface area contributed by atoms with Crippen LogP contribution in [0, 0.1) is 13.8 Å². The molecule has 0 atom stereocenters. The quantitative estimate of drug-likeness (QED) is 0.716. The van der Waals surface area contributed by atoms with Crippen molar-refractivity contribution in [3.05, 3.63) is 89.2 Å². The Morgan fingerprint density at radius 1 is 0.923 bits per heavy atom. The van der Waals surface area contributed by atoms with E-state index in [1.54, 1.807) is 31.3 Å². The highest BCUT2D eigenvalue weighted by molar-refractivity contribution is 7.92. The number of aryl methyl sites for hydroxylation is 2. The lowest BCUT2D eigenvalue weighted by molar-refractivity contribution is 0.600. The lowest BCUT2D eigenvalue weighted by Crippen LogP contribution is -2.14. The first-order valence-corrected chi connectivity index (χ1v) is 9.72. The third-order valence-corrected chi connectivity index (χ3v) is 5.43. The Bertz CT molecular complexity index is 1040. The topological polar surface area (TPSA) is 59.1 Å². The molecule has 2 aromatic carbocycles. The number of anilines is 1. The number of hydrogen-bond donors (Lipinski definition) is 1. The normalized spacial score (nSPS) is 11.6. The van der Waals surface area contributed by atoms with E-state index in [1.165, 1.54) is 0 Å². The van der Waals surface area contributed by atoms with Gasteiger partial charge < -0.3 is 0 Å². The minimum atomic E-state index is -3.64. The molecule has 26 heavy (non-hydrogen) atoms. The predicted octanol–water partition coefficient (Wildman–Crippen LogP) is 4.67. The monoisotopic (exact) mass is 364 g/mol. The van der Waals surface area contributed by atoms with Crippen molar-refractivity contribution in [2.24, 2.45) is 0 Å². The van der Waals surface area contributed by atoms with Crippen molar-refractivity contribution >= 4 is 27.9 Å². The molecule has 0 saturated heterocycles. The first kappa shape index (κ1) is 17.9. The first-order valence-electron chi connectivity index (χ1n) is 8.23. The molecular weight excluding hydrogens is 344 g/mol. The number of pyridine rings is 1. The fourth-order valence-corrected chi connectivity index (χ4v) is 3.95. The zero-order chi connectivity index (χ0) is 18.6. The van der Waals surface area contributed by atoms with Crippen LogP contribution in [-0.4, -0.2) is 13.4 Å². The third kappa shape index (κ3) is 4.37. The Morgan fingerprint density at radius 3 is 2.54 bits per heavy atom. The van der Waals surface area contributed by atoms with Gasteiger partial charge >= 0.3 is 0 Å². The van der Waals surface area contributed by atoms with Crippen LogP contribution in [0.4, 0.5) is 5.69 Å². The zero-order valence-electron chi connectivity index (χ0n) is 14.7. The summed E-state index contributed by atoms with van der Waals surface area (Å²) < 4.78 is 28.1. The standard InChI is InChI=1S/C21H20N2O2S/c1-16-9-10-17(2)21(14-16)26(24,25)23-20-8-5-6-18(15-20)11-12-19-7-3-4-13-22-19/h3-15,23H,1-2H3/b12-11+. The highest BCUT2D eigenvalue weighted by Gasteiger charge is 2.17. The SMILES string of the molecule is Cc1ccc(C)c(S(=O)(=O)Nc2cccc(/C=C/c3ccccn3)c2)c1. The summed E-state index contributed by atoms with van der Waals surface area (Å²) in [6.07, 6.45) is 5.52. The molecule has 0 saturated carbocycles. The largest absolute Gasteiger partial charge is 0.280 e. The molecule has 0 aliphatic carbocycles. The third-order valence-electron chi connectivity index (χ3n) is 3.91. The van der Waals surface area contributed by atoms with Gasteiger partial charge in [-0.05, 0) is 66.9 Å². The van der Waals surface area contributed by atoms with E-state index in [4.69, 9.17) is 0 Å².